The number of hydrogen-bond acceptors (Lipinski definition) is 6. The molecule has 0 aliphatic carbocycles. The second-order valence-electron chi connectivity index (χ2n) is 6.67. The Morgan fingerprint density at radius 1 is 1.10 bits per heavy atom. The van der Waals surface area contributed by atoms with Gasteiger partial charge in [-0.05, 0) is 30.7 Å². The fourth-order valence-electron chi connectivity index (χ4n) is 3.40. The van der Waals surface area contributed by atoms with E-state index in [-0.39, 0.29) is 18.6 Å². The van der Waals surface area contributed by atoms with E-state index < -0.39 is 6.23 Å². The van der Waals surface area contributed by atoms with Crippen molar-refractivity contribution in [1.29, 1.82) is 0 Å². The summed E-state index contributed by atoms with van der Waals surface area (Å²) < 4.78 is 22.1. The molecule has 1 aliphatic rings. The van der Waals surface area contributed by atoms with Crippen molar-refractivity contribution in [2.75, 3.05) is 34.5 Å². The molecule has 1 saturated heterocycles. The molecule has 9 heteroatoms. The van der Waals surface area contributed by atoms with Crippen LogP contribution in [0.2, 0.25) is 10.0 Å². The normalized spacial score (nSPS) is 18.4. The van der Waals surface area contributed by atoms with Crippen molar-refractivity contribution in [2.24, 2.45) is 0 Å². The van der Waals surface area contributed by atoms with Crippen LogP contribution in [0.1, 0.15) is 28.6 Å². The minimum atomic E-state index is -0.678. The lowest BCUT2D eigenvalue weighted by Crippen LogP contribution is -2.32. The molecule has 1 aliphatic heterocycles. The highest BCUT2D eigenvalue weighted by Gasteiger charge is 2.38. The van der Waals surface area contributed by atoms with E-state index in [1.807, 2.05) is 0 Å². The topological polar surface area (TPSA) is 77.5 Å². The van der Waals surface area contributed by atoms with Gasteiger partial charge in [0.05, 0.1) is 44.0 Å². The zero-order valence-corrected chi connectivity index (χ0v) is 18.4. The fourth-order valence-corrected chi connectivity index (χ4v) is 3.71. The van der Waals surface area contributed by atoms with E-state index in [0.717, 1.165) is 0 Å². The summed E-state index contributed by atoms with van der Waals surface area (Å²) in [6, 6.07) is 8.27. The lowest BCUT2D eigenvalue weighted by molar-refractivity contribution is -0.00472. The van der Waals surface area contributed by atoms with Crippen molar-refractivity contribution in [3.05, 3.63) is 51.5 Å². The van der Waals surface area contributed by atoms with E-state index in [1.54, 1.807) is 35.2 Å². The number of halogens is 2. The third-order valence-electron chi connectivity index (χ3n) is 4.86. The van der Waals surface area contributed by atoms with Gasteiger partial charge in [-0.3, -0.25) is 4.79 Å². The molecule has 2 atom stereocenters. The zero-order chi connectivity index (χ0) is 21.8. The van der Waals surface area contributed by atoms with Gasteiger partial charge in [-0.25, -0.2) is 0 Å². The number of nitrogens with zero attached hydrogens (tertiary/aromatic N) is 1. The number of ether oxygens (including phenoxy) is 4. The van der Waals surface area contributed by atoms with Gasteiger partial charge < -0.3 is 29.0 Å². The van der Waals surface area contributed by atoms with Crippen LogP contribution < -0.4 is 14.2 Å². The smallest absolute Gasteiger partial charge is 0.256 e. The van der Waals surface area contributed by atoms with Crippen molar-refractivity contribution >= 4 is 29.1 Å². The van der Waals surface area contributed by atoms with Gasteiger partial charge >= 0.3 is 0 Å². The lowest BCUT2D eigenvalue weighted by atomic mass is 10.1. The second-order valence-corrected chi connectivity index (χ2v) is 7.48. The van der Waals surface area contributed by atoms with Crippen LogP contribution in [0.5, 0.6) is 17.2 Å². The molecular formula is C21H23Cl2NO6. The Morgan fingerprint density at radius 2 is 1.77 bits per heavy atom. The van der Waals surface area contributed by atoms with Crippen LogP contribution >= 0.6 is 23.2 Å². The zero-order valence-electron chi connectivity index (χ0n) is 16.9. The molecule has 2 aromatic rings. The Hall–Kier alpha value is -2.19. The number of methoxy groups -OCH3 is 3. The van der Waals surface area contributed by atoms with E-state index in [9.17, 15) is 9.90 Å². The molecule has 2 aromatic carbocycles. The second kappa shape index (κ2) is 9.75. The Labute approximate surface area is 185 Å². The third-order valence-corrected chi connectivity index (χ3v) is 5.60. The molecule has 1 fully saturated rings. The Bertz CT molecular complexity index is 897. The summed E-state index contributed by atoms with van der Waals surface area (Å²) in [6.45, 7) is 0.256. The van der Waals surface area contributed by atoms with Gasteiger partial charge in [0, 0.05) is 17.7 Å². The maximum atomic E-state index is 13.4. The summed E-state index contributed by atoms with van der Waals surface area (Å²) >= 11 is 12.2. The lowest BCUT2D eigenvalue weighted by Gasteiger charge is -2.24. The maximum Gasteiger partial charge on any atom is 0.256 e. The Morgan fingerprint density at radius 3 is 2.30 bits per heavy atom. The first kappa shape index (κ1) is 22.5. The first-order chi connectivity index (χ1) is 14.4. The highest BCUT2D eigenvalue weighted by molar-refractivity contribution is 6.42. The highest BCUT2D eigenvalue weighted by Crippen LogP contribution is 2.40. The van der Waals surface area contributed by atoms with Crippen molar-refractivity contribution in [1.82, 2.24) is 4.90 Å². The molecule has 1 unspecified atom stereocenters. The first-order valence-electron chi connectivity index (χ1n) is 9.25. The van der Waals surface area contributed by atoms with Crippen molar-refractivity contribution < 1.29 is 28.8 Å². The van der Waals surface area contributed by atoms with E-state index in [0.29, 0.717) is 51.4 Å². The number of rotatable bonds is 7. The van der Waals surface area contributed by atoms with Crippen LogP contribution in [0.25, 0.3) is 0 Å². The number of aliphatic hydroxyl groups is 1. The highest BCUT2D eigenvalue weighted by atomic mass is 35.5. The molecule has 0 aromatic heterocycles. The van der Waals surface area contributed by atoms with E-state index in [2.05, 4.69) is 0 Å². The standard InChI is InChI=1S/C21H23Cl2NO6/c1-27-17-9-13(10-18(28-2)19(17)29-3)20(26)24-11-14(6-7-25)30-21(24)12-4-5-15(22)16(23)8-12/h4-5,8-10,14,21,25H,6-7,11H2,1-3H3/t14-,21?/m1/s1. The summed E-state index contributed by atoms with van der Waals surface area (Å²) in [5.41, 5.74) is 1.04. The fraction of sp³-hybridized carbons (Fsp3) is 0.381. The quantitative estimate of drug-likeness (QED) is 0.680. The molecule has 7 nitrogen and oxygen atoms in total. The molecule has 0 spiro atoms. The van der Waals surface area contributed by atoms with Crippen molar-refractivity contribution in [3.63, 3.8) is 0 Å². The molecule has 0 radical (unpaired) electrons. The summed E-state index contributed by atoms with van der Waals surface area (Å²) in [7, 11) is 4.47. The predicted molar refractivity (Wildman–Crippen MR) is 113 cm³/mol. The van der Waals surface area contributed by atoms with Crippen LogP contribution in [0, 0.1) is 0 Å². The van der Waals surface area contributed by atoms with Crippen LogP contribution in [-0.4, -0.2) is 56.5 Å². The molecule has 3 rings (SSSR count). The monoisotopic (exact) mass is 455 g/mol. The number of carbonyl (C=O) groups is 1. The third kappa shape index (κ3) is 4.44. The van der Waals surface area contributed by atoms with Gasteiger partial charge in [0.15, 0.2) is 17.7 Å². The average Bonchev–Trinajstić information content (AvgIpc) is 3.18. The van der Waals surface area contributed by atoms with Gasteiger partial charge in [0.25, 0.3) is 5.91 Å². The van der Waals surface area contributed by atoms with Crippen LogP contribution in [0.15, 0.2) is 30.3 Å². The molecule has 30 heavy (non-hydrogen) atoms. The van der Waals surface area contributed by atoms with Crippen LogP contribution in [-0.2, 0) is 4.74 Å². The summed E-state index contributed by atoms with van der Waals surface area (Å²) in [5, 5.41) is 10.1. The van der Waals surface area contributed by atoms with Gasteiger partial charge in [-0.15, -0.1) is 0 Å². The number of benzene rings is 2. The molecule has 0 saturated carbocycles. The van der Waals surface area contributed by atoms with Crippen molar-refractivity contribution in [2.45, 2.75) is 18.8 Å². The first-order valence-corrected chi connectivity index (χ1v) is 10.0. The largest absolute Gasteiger partial charge is 0.493 e. The van der Waals surface area contributed by atoms with Crippen LogP contribution in [0.3, 0.4) is 0 Å². The van der Waals surface area contributed by atoms with E-state index in [1.165, 1.54) is 21.3 Å². The van der Waals surface area contributed by atoms with Gasteiger partial charge in [-0.1, -0.05) is 29.3 Å². The molecule has 1 N–H and O–H groups in total. The molecule has 1 amide bonds. The summed E-state index contributed by atoms with van der Waals surface area (Å²) in [4.78, 5) is 15.0. The predicted octanol–water partition coefficient (Wildman–Crippen LogP) is 3.94. The minimum Gasteiger partial charge on any atom is -0.493 e. The van der Waals surface area contributed by atoms with Crippen LogP contribution in [0.4, 0.5) is 0 Å². The minimum absolute atomic E-state index is 0.0506. The molecule has 1 heterocycles. The Balaban J connectivity index is 2.00. The molecular weight excluding hydrogens is 433 g/mol. The maximum absolute atomic E-state index is 13.4. The summed E-state index contributed by atoms with van der Waals surface area (Å²) in [6.07, 6.45) is -0.597. The molecule has 0 bridgehead atoms. The van der Waals surface area contributed by atoms with Gasteiger partial charge in [-0.2, -0.15) is 0 Å². The number of carbonyl (C=O) groups excluding carboxylic acids is 1. The van der Waals surface area contributed by atoms with E-state index in [4.69, 9.17) is 42.1 Å². The van der Waals surface area contributed by atoms with E-state index >= 15 is 0 Å². The number of aliphatic hydroxyl groups excluding tert-OH is 1. The average molecular weight is 456 g/mol. The van der Waals surface area contributed by atoms with Crippen molar-refractivity contribution in [3.8, 4) is 17.2 Å². The summed E-state index contributed by atoms with van der Waals surface area (Å²) in [5.74, 6) is 0.857. The Kier molecular flexibility index (Phi) is 7.31. The van der Waals surface area contributed by atoms with Gasteiger partial charge in [0.1, 0.15) is 0 Å². The number of amides is 1. The van der Waals surface area contributed by atoms with Gasteiger partial charge in [0.2, 0.25) is 5.75 Å². The molecule has 162 valence electrons. The number of hydrogen-bond donors (Lipinski definition) is 1. The SMILES string of the molecule is COc1cc(C(=O)N2C[C@@H](CCO)OC2c2ccc(Cl)c(Cl)c2)cc(OC)c1OC.